The average Bonchev–Trinajstić information content (AvgIpc) is 2.92. The molecule has 2 fully saturated rings. The van der Waals surface area contributed by atoms with E-state index < -0.39 is 10.0 Å². The van der Waals surface area contributed by atoms with Crippen LogP contribution in [0.4, 0.5) is 0 Å². The molecule has 2 aliphatic rings. The third-order valence-electron chi connectivity index (χ3n) is 4.19. The van der Waals surface area contributed by atoms with E-state index in [9.17, 15) is 18.3 Å². The maximum atomic E-state index is 12.1. The lowest BCUT2D eigenvalue weighted by Gasteiger charge is -2.18. The number of aliphatic hydroxyl groups is 1. The van der Waals surface area contributed by atoms with Gasteiger partial charge in [0.15, 0.2) is 0 Å². The highest BCUT2D eigenvalue weighted by Gasteiger charge is 2.45. The molecule has 1 aliphatic carbocycles. The second-order valence-electron chi connectivity index (χ2n) is 5.38. The van der Waals surface area contributed by atoms with E-state index >= 15 is 0 Å². The molecule has 6 nitrogen and oxygen atoms in total. The highest BCUT2D eigenvalue weighted by Crippen LogP contribution is 2.39. The lowest BCUT2D eigenvalue weighted by molar-refractivity contribution is -0.140. The Morgan fingerprint density at radius 2 is 2.11 bits per heavy atom. The molecule has 19 heavy (non-hydrogen) atoms. The molecule has 1 N–H and O–H groups in total. The Labute approximate surface area is 113 Å². The number of fused-ring (bicyclic) bond motifs is 1. The number of carbonyl (C=O) groups is 1. The third-order valence-corrected chi connectivity index (χ3v) is 6.08. The van der Waals surface area contributed by atoms with Crippen molar-refractivity contribution in [3.05, 3.63) is 0 Å². The number of methoxy groups -OCH3 is 1. The Bertz CT molecular complexity index is 435. The lowest BCUT2D eigenvalue weighted by atomic mass is 10.00. The highest BCUT2D eigenvalue weighted by molar-refractivity contribution is 7.89. The van der Waals surface area contributed by atoms with Crippen LogP contribution in [-0.4, -0.2) is 55.9 Å². The summed E-state index contributed by atoms with van der Waals surface area (Å²) in [6.07, 6.45) is 1.73. The van der Waals surface area contributed by atoms with Gasteiger partial charge in [0.1, 0.15) is 0 Å². The van der Waals surface area contributed by atoms with Gasteiger partial charge in [-0.1, -0.05) is 0 Å². The molecular weight excluding hydrogens is 270 g/mol. The number of sulfonamides is 1. The number of rotatable bonds is 5. The maximum absolute atomic E-state index is 12.1. The van der Waals surface area contributed by atoms with Crippen molar-refractivity contribution < 1.29 is 23.1 Å². The molecule has 0 aromatic carbocycles. The molecule has 0 aromatic rings. The van der Waals surface area contributed by atoms with E-state index in [2.05, 4.69) is 4.74 Å². The number of carbonyl (C=O) groups excluding carboxylic acids is 1. The molecule has 0 bridgehead atoms. The predicted molar refractivity (Wildman–Crippen MR) is 68.8 cm³/mol. The molecule has 110 valence electrons. The van der Waals surface area contributed by atoms with Crippen molar-refractivity contribution >= 4 is 16.0 Å². The van der Waals surface area contributed by atoms with Crippen molar-refractivity contribution in [1.29, 1.82) is 0 Å². The minimum absolute atomic E-state index is 0.0301. The minimum Gasteiger partial charge on any atom is -0.469 e. The summed E-state index contributed by atoms with van der Waals surface area (Å²) in [5, 5.41) is 9.78. The Balaban J connectivity index is 1.86. The van der Waals surface area contributed by atoms with Crippen molar-refractivity contribution in [3.63, 3.8) is 0 Å². The number of hydrogen-bond acceptors (Lipinski definition) is 5. The second kappa shape index (κ2) is 5.76. The number of aliphatic hydroxyl groups excluding tert-OH is 1. The van der Waals surface area contributed by atoms with E-state index in [-0.39, 0.29) is 36.6 Å². The van der Waals surface area contributed by atoms with E-state index in [0.29, 0.717) is 19.0 Å². The third kappa shape index (κ3) is 3.27. The van der Waals surface area contributed by atoms with Crippen LogP contribution < -0.4 is 0 Å². The van der Waals surface area contributed by atoms with Gasteiger partial charge in [-0.15, -0.1) is 0 Å². The van der Waals surface area contributed by atoms with Crippen LogP contribution >= 0.6 is 0 Å². The average molecular weight is 291 g/mol. The molecule has 1 heterocycles. The Morgan fingerprint density at radius 3 is 2.74 bits per heavy atom. The number of nitrogens with zero attached hydrogens (tertiary/aromatic N) is 1. The molecule has 0 radical (unpaired) electrons. The Hall–Kier alpha value is -0.660. The zero-order chi connectivity index (χ0) is 14.0. The summed E-state index contributed by atoms with van der Waals surface area (Å²) in [6, 6.07) is 0. The molecule has 0 amide bonds. The monoisotopic (exact) mass is 291 g/mol. The maximum Gasteiger partial charge on any atom is 0.305 e. The van der Waals surface area contributed by atoms with Gasteiger partial charge < -0.3 is 9.84 Å². The van der Waals surface area contributed by atoms with E-state index in [1.54, 1.807) is 0 Å². The van der Waals surface area contributed by atoms with E-state index in [0.717, 1.165) is 12.8 Å². The van der Waals surface area contributed by atoms with Gasteiger partial charge in [-0.05, 0) is 25.2 Å². The topological polar surface area (TPSA) is 83.9 Å². The van der Waals surface area contributed by atoms with Gasteiger partial charge in [0, 0.05) is 25.4 Å². The number of esters is 1. The second-order valence-corrected chi connectivity index (χ2v) is 7.47. The fourth-order valence-electron chi connectivity index (χ4n) is 3.05. The molecule has 1 aliphatic heterocycles. The van der Waals surface area contributed by atoms with Gasteiger partial charge in [-0.3, -0.25) is 4.79 Å². The summed E-state index contributed by atoms with van der Waals surface area (Å²) in [7, 11) is -2.02. The SMILES string of the molecule is COC(=O)CCCS(=O)(=O)N1CC2CCC(O)C2C1. The van der Waals surface area contributed by atoms with Gasteiger partial charge in [-0.25, -0.2) is 12.7 Å². The van der Waals surface area contributed by atoms with Crippen LogP contribution in [0.15, 0.2) is 0 Å². The summed E-state index contributed by atoms with van der Waals surface area (Å²) in [4.78, 5) is 11.0. The predicted octanol–water partition coefficient (Wildman–Crippen LogP) is -0.0279. The standard InChI is InChI=1S/C12H21NO5S/c1-18-12(15)3-2-6-19(16,17)13-7-9-4-5-11(14)10(9)8-13/h9-11,14H,2-8H2,1H3. The van der Waals surface area contributed by atoms with E-state index in [1.807, 2.05) is 0 Å². The molecule has 3 atom stereocenters. The van der Waals surface area contributed by atoms with Crippen molar-refractivity contribution in [2.45, 2.75) is 31.8 Å². The summed E-state index contributed by atoms with van der Waals surface area (Å²) >= 11 is 0. The molecule has 1 saturated heterocycles. The van der Waals surface area contributed by atoms with Gasteiger partial charge >= 0.3 is 5.97 Å². The quantitative estimate of drug-likeness (QED) is 0.719. The van der Waals surface area contributed by atoms with Gasteiger partial charge in [0.25, 0.3) is 0 Å². The van der Waals surface area contributed by atoms with Crippen molar-refractivity contribution in [2.75, 3.05) is 26.0 Å². The van der Waals surface area contributed by atoms with Crippen molar-refractivity contribution in [3.8, 4) is 0 Å². The van der Waals surface area contributed by atoms with Gasteiger partial charge in [0.05, 0.1) is 19.0 Å². The van der Waals surface area contributed by atoms with Crippen LogP contribution in [0.3, 0.4) is 0 Å². The normalized spacial score (nSPS) is 31.4. The fourth-order valence-corrected chi connectivity index (χ4v) is 4.64. The Kier molecular flexibility index (Phi) is 4.47. The molecular formula is C12H21NO5S. The van der Waals surface area contributed by atoms with Gasteiger partial charge in [-0.2, -0.15) is 0 Å². The van der Waals surface area contributed by atoms with Crippen LogP contribution in [0.5, 0.6) is 0 Å². The summed E-state index contributed by atoms with van der Waals surface area (Å²) in [5.74, 6) is -0.0258. The van der Waals surface area contributed by atoms with Crippen molar-refractivity contribution in [2.24, 2.45) is 11.8 Å². The van der Waals surface area contributed by atoms with Crippen LogP contribution in [0, 0.1) is 11.8 Å². The molecule has 0 spiro atoms. The Morgan fingerprint density at radius 1 is 1.37 bits per heavy atom. The lowest BCUT2D eigenvalue weighted by Crippen LogP contribution is -2.33. The summed E-state index contributed by atoms with van der Waals surface area (Å²) in [5.41, 5.74) is 0. The molecule has 3 unspecified atom stereocenters. The first-order valence-electron chi connectivity index (χ1n) is 6.66. The van der Waals surface area contributed by atoms with Crippen molar-refractivity contribution in [1.82, 2.24) is 4.31 Å². The summed E-state index contributed by atoms with van der Waals surface area (Å²) < 4.78 is 30.2. The molecule has 0 aromatic heterocycles. The van der Waals surface area contributed by atoms with E-state index in [1.165, 1.54) is 11.4 Å². The molecule has 7 heteroatoms. The van der Waals surface area contributed by atoms with Crippen LogP contribution in [0.2, 0.25) is 0 Å². The first-order valence-corrected chi connectivity index (χ1v) is 8.27. The largest absolute Gasteiger partial charge is 0.469 e. The zero-order valence-corrected chi connectivity index (χ0v) is 11.9. The first-order chi connectivity index (χ1) is 8.94. The minimum atomic E-state index is -3.31. The number of hydrogen-bond donors (Lipinski definition) is 1. The van der Waals surface area contributed by atoms with Crippen LogP contribution in [0.1, 0.15) is 25.7 Å². The van der Waals surface area contributed by atoms with Gasteiger partial charge in [0.2, 0.25) is 10.0 Å². The fraction of sp³-hybridized carbons (Fsp3) is 0.917. The first kappa shape index (κ1) is 14.7. The molecule has 1 saturated carbocycles. The zero-order valence-electron chi connectivity index (χ0n) is 11.1. The summed E-state index contributed by atoms with van der Waals surface area (Å²) in [6.45, 7) is 0.939. The smallest absolute Gasteiger partial charge is 0.305 e. The van der Waals surface area contributed by atoms with E-state index in [4.69, 9.17) is 0 Å². The van der Waals surface area contributed by atoms with Crippen LogP contribution in [0.25, 0.3) is 0 Å². The number of ether oxygens (including phenoxy) is 1. The highest BCUT2D eigenvalue weighted by atomic mass is 32.2. The molecule has 2 rings (SSSR count). The van der Waals surface area contributed by atoms with Crippen LogP contribution in [-0.2, 0) is 19.6 Å².